The highest BCUT2D eigenvalue weighted by Crippen LogP contribution is 2.18. The monoisotopic (exact) mass is 415 g/mol. The molecule has 0 radical (unpaired) electrons. The fourth-order valence-electron chi connectivity index (χ4n) is 3.55. The fraction of sp³-hybridized carbons (Fsp3) is 0.250. The maximum Gasteiger partial charge on any atom is 0.275 e. The molecule has 1 saturated heterocycles. The van der Waals surface area contributed by atoms with E-state index < -0.39 is 0 Å². The number of carbonyl (C=O) groups is 2. The van der Waals surface area contributed by atoms with Crippen LogP contribution in [0.3, 0.4) is 0 Å². The lowest BCUT2D eigenvalue weighted by Gasteiger charge is -2.29. The molecule has 1 aliphatic rings. The number of nitrogens with one attached hydrogen (secondary N) is 2. The Bertz CT molecular complexity index is 1050. The number of amides is 2. The molecule has 2 N–H and O–H groups in total. The molecule has 0 saturated carbocycles. The minimum Gasteiger partial charge on any atom is -0.349 e. The first-order chi connectivity index (χ1) is 15.1. The van der Waals surface area contributed by atoms with E-state index in [1.165, 1.54) is 6.20 Å². The predicted molar refractivity (Wildman–Crippen MR) is 120 cm³/mol. The van der Waals surface area contributed by atoms with Gasteiger partial charge in [-0.3, -0.25) is 14.6 Å². The summed E-state index contributed by atoms with van der Waals surface area (Å²) in [6.45, 7) is 1.99. The normalized spacial score (nSPS) is 14.7. The van der Waals surface area contributed by atoms with Gasteiger partial charge in [0.25, 0.3) is 11.8 Å². The van der Waals surface area contributed by atoms with Gasteiger partial charge in [0.2, 0.25) is 0 Å². The Kier molecular flexibility index (Phi) is 6.33. The molecule has 0 unspecified atom stereocenters. The molecule has 0 spiro atoms. The molecular weight excluding hydrogens is 390 g/mol. The lowest BCUT2D eigenvalue weighted by atomic mass is 10.0. The highest BCUT2D eigenvalue weighted by Gasteiger charge is 2.19. The van der Waals surface area contributed by atoms with Crippen molar-refractivity contribution >= 4 is 17.5 Å². The van der Waals surface area contributed by atoms with E-state index in [0.717, 1.165) is 31.5 Å². The summed E-state index contributed by atoms with van der Waals surface area (Å²) < 4.78 is 0. The van der Waals surface area contributed by atoms with Gasteiger partial charge < -0.3 is 15.5 Å². The Morgan fingerprint density at radius 1 is 0.935 bits per heavy atom. The molecule has 4 rings (SSSR count). The number of rotatable bonds is 5. The van der Waals surface area contributed by atoms with Crippen LogP contribution in [0.4, 0.5) is 5.69 Å². The van der Waals surface area contributed by atoms with Crippen molar-refractivity contribution in [3.8, 4) is 11.3 Å². The van der Waals surface area contributed by atoms with E-state index in [1.54, 1.807) is 18.3 Å². The summed E-state index contributed by atoms with van der Waals surface area (Å²) in [5, 5.41) is 5.92. The highest BCUT2D eigenvalue weighted by molar-refractivity contribution is 6.03. The number of aromatic nitrogens is 2. The largest absolute Gasteiger partial charge is 0.349 e. The van der Waals surface area contributed by atoms with Gasteiger partial charge in [0, 0.05) is 22.9 Å². The maximum atomic E-state index is 12.6. The summed E-state index contributed by atoms with van der Waals surface area (Å²) in [5.74, 6) is -0.391. The summed E-state index contributed by atoms with van der Waals surface area (Å²) in [4.78, 5) is 35.9. The maximum absolute atomic E-state index is 12.6. The molecule has 3 aromatic rings. The number of nitrogens with zero attached hydrogens (tertiary/aromatic N) is 3. The smallest absolute Gasteiger partial charge is 0.275 e. The van der Waals surface area contributed by atoms with Gasteiger partial charge in [-0.15, -0.1) is 0 Å². The van der Waals surface area contributed by atoms with Crippen molar-refractivity contribution in [3.63, 3.8) is 0 Å². The number of likely N-dealkylation sites (tertiary alicyclic amines) is 1. The van der Waals surface area contributed by atoms with Crippen molar-refractivity contribution in [1.82, 2.24) is 20.2 Å². The number of piperidine rings is 1. The van der Waals surface area contributed by atoms with Crippen LogP contribution in [-0.4, -0.2) is 52.9 Å². The zero-order chi connectivity index (χ0) is 21.6. The molecule has 1 aliphatic heterocycles. The summed E-state index contributed by atoms with van der Waals surface area (Å²) >= 11 is 0. The minimum atomic E-state index is -0.324. The summed E-state index contributed by atoms with van der Waals surface area (Å²) in [5.41, 5.74) is 2.89. The number of hydrogen-bond acceptors (Lipinski definition) is 5. The Morgan fingerprint density at radius 2 is 1.65 bits per heavy atom. The topological polar surface area (TPSA) is 87.2 Å². The van der Waals surface area contributed by atoms with Crippen molar-refractivity contribution in [3.05, 3.63) is 78.2 Å². The van der Waals surface area contributed by atoms with E-state index in [2.05, 4.69) is 32.5 Å². The van der Waals surface area contributed by atoms with Crippen LogP contribution in [-0.2, 0) is 0 Å². The van der Waals surface area contributed by atoms with E-state index in [4.69, 9.17) is 0 Å². The average molecular weight is 415 g/mol. The van der Waals surface area contributed by atoms with Gasteiger partial charge in [-0.1, -0.05) is 30.3 Å². The summed E-state index contributed by atoms with van der Waals surface area (Å²) in [6, 6.07) is 16.6. The van der Waals surface area contributed by atoms with E-state index in [0.29, 0.717) is 16.9 Å². The standard InChI is InChI=1S/C24H25N5O2/c1-29-13-11-20(12-14-29)26-23(30)18-9-7-17(8-10-18)21-15-25-16-22(28-21)24(31)27-19-5-3-2-4-6-19/h2-10,15-16,20H,11-14H2,1H3,(H,26,30)(H,27,31). The SMILES string of the molecule is CN1CCC(NC(=O)c2ccc(-c3cncc(C(=O)Nc4ccccc4)n3)cc2)CC1. The second kappa shape index (κ2) is 9.49. The molecule has 7 heteroatoms. The van der Waals surface area contributed by atoms with Crippen LogP contribution in [0.15, 0.2) is 67.0 Å². The number of carbonyl (C=O) groups excluding carboxylic acids is 2. The lowest BCUT2D eigenvalue weighted by molar-refractivity contribution is 0.0916. The number of para-hydroxylation sites is 1. The molecule has 0 bridgehead atoms. The van der Waals surface area contributed by atoms with Crippen molar-refractivity contribution < 1.29 is 9.59 Å². The zero-order valence-corrected chi connectivity index (χ0v) is 17.4. The molecule has 0 aliphatic carbocycles. The Morgan fingerprint density at radius 3 is 2.35 bits per heavy atom. The van der Waals surface area contributed by atoms with Gasteiger partial charge in [-0.25, -0.2) is 4.98 Å². The van der Waals surface area contributed by atoms with Crippen LogP contribution in [0.25, 0.3) is 11.3 Å². The van der Waals surface area contributed by atoms with Crippen molar-refractivity contribution in [2.45, 2.75) is 18.9 Å². The summed E-state index contributed by atoms with van der Waals surface area (Å²) in [6.07, 6.45) is 4.97. The molecule has 0 atom stereocenters. The van der Waals surface area contributed by atoms with Crippen molar-refractivity contribution in [2.75, 3.05) is 25.5 Å². The van der Waals surface area contributed by atoms with E-state index >= 15 is 0 Å². The summed E-state index contributed by atoms with van der Waals surface area (Å²) in [7, 11) is 2.10. The Balaban J connectivity index is 1.42. The second-order valence-corrected chi connectivity index (χ2v) is 7.74. The molecule has 31 heavy (non-hydrogen) atoms. The average Bonchev–Trinajstić information content (AvgIpc) is 2.81. The van der Waals surface area contributed by atoms with Gasteiger partial charge in [0.05, 0.1) is 18.1 Å². The van der Waals surface area contributed by atoms with Crippen LogP contribution < -0.4 is 10.6 Å². The number of benzene rings is 2. The number of hydrogen-bond donors (Lipinski definition) is 2. The first-order valence-electron chi connectivity index (χ1n) is 10.4. The molecule has 7 nitrogen and oxygen atoms in total. The second-order valence-electron chi connectivity index (χ2n) is 7.74. The van der Waals surface area contributed by atoms with E-state index in [1.807, 2.05) is 42.5 Å². The third kappa shape index (κ3) is 5.32. The zero-order valence-electron chi connectivity index (χ0n) is 17.4. The van der Waals surface area contributed by atoms with Crippen LogP contribution in [0.2, 0.25) is 0 Å². The third-order valence-corrected chi connectivity index (χ3v) is 5.40. The van der Waals surface area contributed by atoms with Gasteiger partial charge in [0.15, 0.2) is 0 Å². The quantitative estimate of drug-likeness (QED) is 0.668. The van der Waals surface area contributed by atoms with E-state index in [-0.39, 0.29) is 23.6 Å². The van der Waals surface area contributed by atoms with Crippen LogP contribution in [0.5, 0.6) is 0 Å². The molecule has 1 fully saturated rings. The lowest BCUT2D eigenvalue weighted by Crippen LogP contribution is -2.43. The predicted octanol–water partition coefficient (Wildman–Crippen LogP) is 3.22. The highest BCUT2D eigenvalue weighted by atomic mass is 16.2. The number of anilines is 1. The first kappa shape index (κ1) is 20.7. The van der Waals surface area contributed by atoms with Crippen molar-refractivity contribution in [2.24, 2.45) is 0 Å². The molecule has 2 aromatic carbocycles. The first-order valence-corrected chi connectivity index (χ1v) is 10.4. The molecule has 1 aromatic heterocycles. The van der Waals surface area contributed by atoms with Crippen molar-refractivity contribution in [1.29, 1.82) is 0 Å². The van der Waals surface area contributed by atoms with Gasteiger partial charge in [-0.05, 0) is 57.2 Å². The Labute approximate surface area is 181 Å². The van der Waals surface area contributed by atoms with Crippen LogP contribution in [0.1, 0.15) is 33.7 Å². The minimum absolute atomic E-state index is 0.0665. The molecule has 158 valence electrons. The third-order valence-electron chi connectivity index (χ3n) is 5.40. The Hall–Kier alpha value is -3.58. The molecule has 2 heterocycles. The van der Waals surface area contributed by atoms with Crippen LogP contribution in [0, 0.1) is 0 Å². The molecular formula is C24H25N5O2. The van der Waals surface area contributed by atoms with Gasteiger partial charge in [-0.2, -0.15) is 0 Å². The molecule has 2 amide bonds. The van der Waals surface area contributed by atoms with Gasteiger partial charge >= 0.3 is 0 Å². The van der Waals surface area contributed by atoms with E-state index in [9.17, 15) is 9.59 Å². The van der Waals surface area contributed by atoms with Crippen LogP contribution >= 0.6 is 0 Å². The van der Waals surface area contributed by atoms with Gasteiger partial charge in [0.1, 0.15) is 5.69 Å². The fourth-order valence-corrected chi connectivity index (χ4v) is 3.55.